The van der Waals surface area contributed by atoms with E-state index in [2.05, 4.69) is 29.0 Å². The van der Waals surface area contributed by atoms with Crippen LogP contribution >= 0.6 is 0 Å². The molecule has 0 aromatic carbocycles. The highest BCUT2D eigenvalue weighted by Crippen LogP contribution is 2.45. The van der Waals surface area contributed by atoms with Crippen molar-refractivity contribution in [2.24, 2.45) is 33.8 Å². The summed E-state index contributed by atoms with van der Waals surface area (Å²) in [4.78, 5) is 51.3. The van der Waals surface area contributed by atoms with E-state index in [9.17, 15) is 19.1 Å². The molecule has 7 heterocycles. The number of carbonyl (C=O) groups excluding carboxylic acids is 2. The van der Waals surface area contributed by atoms with E-state index >= 15 is 0 Å². The number of aromatic nitrogens is 2. The Kier molecular flexibility index (Phi) is 14.2. The zero-order valence-electron chi connectivity index (χ0n) is 38.2. The highest BCUT2D eigenvalue weighted by molar-refractivity contribution is 5.91. The molecule has 1 N–H and O–H groups in total. The van der Waals surface area contributed by atoms with Gasteiger partial charge in [0.2, 0.25) is 5.95 Å². The van der Waals surface area contributed by atoms with Crippen molar-refractivity contribution in [3.8, 4) is 11.3 Å². The van der Waals surface area contributed by atoms with Gasteiger partial charge in [-0.25, -0.2) is 14.8 Å². The van der Waals surface area contributed by atoms with Gasteiger partial charge in [0, 0.05) is 41.9 Å². The predicted molar refractivity (Wildman–Crippen MR) is 230 cm³/mol. The first kappa shape index (κ1) is 46.9. The maximum Gasteiger partial charge on any atom is 0.410 e. The van der Waals surface area contributed by atoms with Gasteiger partial charge in [-0.15, -0.1) is 0 Å². The molecule has 16 nitrogen and oxygen atoms in total. The molecular formula is C46H65FN6O10. The molecule has 0 unspecified atom stereocenters. The summed E-state index contributed by atoms with van der Waals surface area (Å²) in [6, 6.07) is 7.62. The number of nitrogens with zero attached hydrogens (tertiary/aromatic N) is 6. The summed E-state index contributed by atoms with van der Waals surface area (Å²) in [5, 5.41) is 16.3. The highest BCUT2D eigenvalue weighted by atomic mass is 19.1. The van der Waals surface area contributed by atoms with Crippen LogP contribution < -0.4 is 0 Å². The van der Waals surface area contributed by atoms with Crippen LogP contribution in [0.3, 0.4) is 0 Å². The lowest BCUT2D eigenvalue weighted by Crippen LogP contribution is -2.60. The van der Waals surface area contributed by atoms with E-state index < -0.39 is 77.8 Å². The van der Waals surface area contributed by atoms with E-state index in [1.807, 2.05) is 59.7 Å². The largest absolute Gasteiger partial charge is 0.458 e. The molecule has 0 aliphatic carbocycles. The lowest BCUT2D eigenvalue weighted by Gasteiger charge is -2.48. The van der Waals surface area contributed by atoms with Gasteiger partial charge in [0.15, 0.2) is 18.5 Å². The number of pyridine rings is 2. The van der Waals surface area contributed by atoms with Crippen molar-refractivity contribution in [3.63, 3.8) is 0 Å². The minimum Gasteiger partial charge on any atom is -0.458 e. The number of hydrogen-bond acceptors (Lipinski definition) is 15. The van der Waals surface area contributed by atoms with Crippen molar-refractivity contribution in [2.45, 2.75) is 141 Å². The number of aliphatic hydroxyl groups is 1. The Labute approximate surface area is 369 Å². The number of carbonyl (C=O) groups is 2. The summed E-state index contributed by atoms with van der Waals surface area (Å²) < 4.78 is 53.4. The van der Waals surface area contributed by atoms with Gasteiger partial charge >= 0.3 is 12.1 Å². The molecular weight excluding hydrogens is 816 g/mol. The molecule has 5 aliphatic rings. The van der Waals surface area contributed by atoms with Crippen molar-refractivity contribution >= 4 is 23.5 Å². The Balaban J connectivity index is 1.28. The molecule has 63 heavy (non-hydrogen) atoms. The SMILES string of the molecule is CC[C@@H]1OC(=O)[C@H](C)[C@H]2OCC(=NOCc3cccc(-c4ccc(F)nc4)n3)CO[C@](C)(C[C@@H](C)C3=NCCN4C(=O)O[C@@]1(C)[C@H]4[C@H]3C)[C@@H](O[C@H]1O[C@@H](C)C[C@@H](N(C)C)[C@@H]1O)[C@@H]2C. The van der Waals surface area contributed by atoms with E-state index in [0.29, 0.717) is 55.0 Å². The molecule has 4 bridgehead atoms. The number of amides is 1. The Morgan fingerprint density at radius 1 is 1.06 bits per heavy atom. The first-order valence-corrected chi connectivity index (χ1v) is 22.3. The summed E-state index contributed by atoms with van der Waals surface area (Å²) in [6.45, 7) is 16.3. The van der Waals surface area contributed by atoms with E-state index in [4.69, 9.17) is 38.3 Å². The van der Waals surface area contributed by atoms with Gasteiger partial charge in [0.25, 0.3) is 0 Å². The zero-order valence-corrected chi connectivity index (χ0v) is 38.2. The summed E-state index contributed by atoms with van der Waals surface area (Å²) in [5.74, 6) is -3.00. The number of oxime groups is 1. The number of likely N-dealkylation sites (N-methyl/N-ethyl adjacent to an activating group) is 1. The van der Waals surface area contributed by atoms with Crippen molar-refractivity contribution in [1.29, 1.82) is 0 Å². The van der Waals surface area contributed by atoms with Crippen LogP contribution in [0, 0.1) is 29.6 Å². The fraction of sp³-hybridized carbons (Fsp3) is 0.696. The lowest BCUT2D eigenvalue weighted by atomic mass is 9.72. The molecule has 5 aliphatic heterocycles. The Morgan fingerprint density at radius 3 is 2.56 bits per heavy atom. The second-order valence-corrected chi connectivity index (χ2v) is 18.7. The first-order chi connectivity index (χ1) is 29.9. The molecule has 0 radical (unpaired) electrons. The molecule has 4 fully saturated rings. The topological polar surface area (TPSA) is 176 Å². The van der Waals surface area contributed by atoms with Crippen LogP contribution in [-0.2, 0) is 44.7 Å². The second-order valence-electron chi connectivity index (χ2n) is 18.7. The summed E-state index contributed by atoms with van der Waals surface area (Å²) in [7, 11) is 3.85. The van der Waals surface area contributed by atoms with Gasteiger partial charge in [-0.05, 0) is 91.2 Å². The monoisotopic (exact) mass is 880 g/mol. The van der Waals surface area contributed by atoms with E-state index in [1.165, 1.54) is 12.3 Å². The second kappa shape index (κ2) is 19.1. The smallest absolute Gasteiger partial charge is 0.410 e. The van der Waals surface area contributed by atoms with Crippen LogP contribution in [0.15, 0.2) is 46.7 Å². The summed E-state index contributed by atoms with van der Waals surface area (Å²) in [5.41, 5.74) is 0.840. The van der Waals surface area contributed by atoms with Gasteiger partial charge in [-0.1, -0.05) is 38.9 Å². The minimum absolute atomic E-state index is 0.00827. The Hall–Kier alpha value is -4.13. The first-order valence-electron chi connectivity index (χ1n) is 22.3. The number of esters is 1. The maximum absolute atomic E-state index is 14.6. The van der Waals surface area contributed by atoms with Gasteiger partial charge in [-0.3, -0.25) is 14.7 Å². The number of rotatable bonds is 8. The standard InChI is InChI=1S/C46H65FN6O10/c1-11-35-46(8)40-27(4)37(48-17-18-53(40)44(56)63-46)25(2)20-45(7)41(62-43-38(54)34(52(9)10)19-26(3)60-43)28(5)39(29(6)42(55)61-35)57-22-32(23-58-45)51-59-24-31-13-12-14-33(50-31)30-15-16-36(47)49-21-30/h12-16,21,25-29,34-35,38-41,43,54H,11,17-20,22-24H2,1-10H3/t25-,26+,27+,28-,29-,34-,35+,38+,39+,40-,41+,43-,45-,46-/m1/s1. The Bertz CT molecular complexity index is 2010. The summed E-state index contributed by atoms with van der Waals surface area (Å²) >= 11 is 0. The predicted octanol–water partition coefficient (Wildman–Crippen LogP) is 5.44. The fourth-order valence-corrected chi connectivity index (χ4v) is 10.7. The average molecular weight is 881 g/mol. The third kappa shape index (κ3) is 9.64. The lowest BCUT2D eigenvalue weighted by molar-refractivity contribution is -0.302. The molecule has 14 atom stereocenters. The molecule has 17 heteroatoms. The quantitative estimate of drug-likeness (QED) is 0.202. The normalized spacial score (nSPS) is 38.5. The van der Waals surface area contributed by atoms with Gasteiger partial charge < -0.3 is 43.3 Å². The zero-order chi connectivity index (χ0) is 45.4. The average Bonchev–Trinajstić information content (AvgIpc) is 3.39. The number of aliphatic imine (C=N–C) groups is 1. The third-order valence-corrected chi connectivity index (χ3v) is 13.8. The summed E-state index contributed by atoms with van der Waals surface area (Å²) in [6.07, 6.45) is -2.30. The number of hydrogen-bond donors (Lipinski definition) is 1. The van der Waals surface area contributed by atoms with E-state index in [0.717, 1.165) is 5.71 Å². The van der Waals surface area contributed by atoms with Crippen LogP contribution in [0.1, 0.15) is 80.3 Å². The van der Waals surface area contributed by atoms with Crippen molar-refractivity contribution in [2.75, 3.05) is 40.4 Å². The van der Waals surface area contributed by atoms with Gasteiger partial charge in [-0.2, -0.15) is 4.39 Å². The molecule has 0 spiro atoms. The maximum atomic E-state index is 14.6. The van der Waals surface area contributed by atoms with Crippen LogP contribution in [-0.4, -0.2) is 149 Å². The van der Waals surface area contributed by atoms with Crippen LogP contribution in [0.25, 0.3) is 11.3 Å². The van der Waals surface area contributed by atoms with Gasteiger partial charge in [0.05, 0.1) is 67.0 Å². The highest BCUT2D eigenvalue weighted by Gasteiger charge is 2.60. The molecule has 2 aromatic rings. The number of ether oxygens (including phenoxy) is 6. The van der Waals surface area contributed by atoms with Crippen molar-refractivity contribution < 1.29 is 52.3 Å². The molecule has 0 saturated carbocycles. The number of cyclic esters (lactones) is 1. The van der Waals surface area contributed by atoms with Crippen LogP contribution in [0.2, 0.25) is 0 Å². The number of aliphatic hydroxyl groups excluding tert-OH is 1. The number of halogens is 1. The van der Waals surface area contributed by atoms with Crippen molar-refractivity contribution in [1.82, 2.24) is 19.8 Å². The molecule has 4 saturated heterocycles. The molecule has 1 amide bonds. The fourth-order valence-electron chi connectivity index (χ4n) is 10.7. The van der Waals surface area contributed by atoms with Crippen LogP contribution in [0.4, 0.5) is 9.18 Å². The molecule has 346 valence electrons. The number of fused-ring (bicyclic) bond motifs is 4. The van der Waals surface area contributed by atoms with Crippen molar-refractivity contribution in [3.05, 3.63) is 48.2 Å². The molecule has 7 rings (SSSR count). The molecule has 2 aromatic heterocycles. The van der Waals surface area contributed by atoms with E-state index in [-0.39, 0.29) is 43.8 Å². The third-order valence-electron chi connectivity index (χ3n) is 13.8. The van der Waals surface area contributed by atoms with Gasteiger partial charge in [0.1, 0.15) is 17.9 Å². The van der Waals surface area contributed by atoms with E-state index in [1.54, 1.807) is 30.0 Å². The van der Waals surface area contributed by atoms with Crippen LogP contribution in [0.5, 0.6) is 0 Å². The minimum atomic E-state index is -1.16. The Morgan fingerprint density at radius 2 is 1.84 bits per heavy atom.